The molecule has 2 N–H and O–H groups in total. The number of hydrogen-bond donors (Lipinski definition) is 2. The highest BCUT2D eigenvalue weighted by molar-refractivity contribution is 7.90. The molecule has 0 atom stereocenters. The van der Waals surface area contributed by atoms with Crippen molar-refractivity contribution in [1.29, 1.82) is 0 Å². The molecule has 1 heterocycles. The molecule has 0 radical (unpaired) electrons. The molecule has 0 saturated carbocycles. The fourth-order valence-electron chi connectivity index (χ4n) is 1.57. The van der Waals surface area contributed by atoms with Crippen molar-refractivity contribution in [3.05, 3.63) is 23.8 Å². The predicted octanol–water partition coefficient (Wildman–Crippen LogP) is 1.43. The van der Waals surface area contributed by atoms with E-state index in [1.54, 1.807) is 13.8 Å². The van der Waals surface area contributed by atoms with Crippen LogP contribution in [0.25, 0.3) is 0 Å². The van der Waals surface area contributed by atoms with Crippen molar-refractivity contribution < 1.29 is 17.2 Å². The number of anilines is 1. The Balaban J connectivity index is 2.61. The summed E-state index contributed by atoms with van der Waals surface area (Å²) in [5.41, 5.74) is -0.161. The van der Waals surface area contributed by atoms with Gasteiger partial charge in [0.2, 0.25) is 5.96 Å². The number of benzene rings is 1. The molecule has 5 nitrogen and oxygen atoms in total. The highest BCUT2D eigenvalue weighted by Gasteiger charge is 2.30. The summed E-state index contributed by atoms with van der Waals surface area (Å²) >= 11 is 0. The Kier molecular flexibility index (Phi) is 2.97. The zero-order valence-corrected chi connectivity index (χ0v) is 10.5. The summed E-state index contributed by atoms with van der Waals surface area (Å²) in [6.45, 7) is 3.48. The summed E-state index contributed by atoms with van der Waals surface area (Å²) in [4.78, 5) is 3.36. The molecule has 1 aliphatic heterocycles. The Hall–Kier alpha value is -1.70. The Labute approximate surface area is 103 Å². The lowest BCUT2D eigenvalue weighted by Crippen LogP contribution is -2.41. The van der Waals surface area contributed by atoms with Gasteiger partial charge in [-0.05, 0) is 19.9 Å². The lowest BCUT2D eigenvalue weighted by atomic mass is 10.3. The van der Waals surface area contributed by atoms with Gasteiger partial charge in [-0.2, -0.15) is 0 Å². The number of sulfonamides is 1. The van der Waals surface area contributed by atoms with Crippen LogP contribution < -0.4 is 10.0 Å². The zero-order chi connectivity index (χ0) is 13.5. The van der Waals surface area contributed by atoms with E-state index in [2.05, 4.69) is 15.0 Å². The molecule has 0 fully saturated rings. The molecule has 0 bridgehead atoms. The summed E-state index contributed by atoms with van der Waals surface area (Å²) in [6.07, 6.45) is 0. The molecule has 1 aromatic carbocycles. The third-order valence-corrected chi connectivity index (χ3v) is 3.56. The molecule has 0 aliphatic carbocycles. The van der Waals surface area contributed by atoms with Crippen LogP contribution >= 0.6 is 0 Å². The Morgan fingerprint density at radius 3 is 2.56 bits per heavy atom. The maximum absolute atomic E-state index is 13.5. The summed E-state index contributed by atoms with van der Waals surface area (Å²) < 4.78 is 52.2. The van der Waals surface area contributed by atoms with Gasteiger partial charge in [-0.15, -0.1) is 0 Å². The van der Waals surface area contributed by atoms with Crippen LogP contribution in [0.2, 0.25) is 0 Å². The number of guanidine groups is 1. The highest BCUT2D eigenvalue weighted by atomic mass is 32.2. The summed E-state index contributed by atoms with van der Waals surface area (Å²) in [5, 5.41) is 2.55. The molecule has 1 aliphatic rings. The van der Waals surface area contributed by atoms with Crippen molar-refractivity contribution in [2.45, 2.75) is 24.8 Å². The zero-order valence-electron chi connectivity index (χ0n) is 9.66. The average Bonchev–Trinajstić information content (AvgIpc) is 2.11. The van der Waals surface area contributed by atoms with Crippen molar-refractivity contribution in [2.75, 3.05) is 5.32 Å². The number of rotatable bonds is 1. The first-order valence-electron chi connectivity index (χ1n) is 5.16. The van der Waals surface area contributed by atoms with E-state index in [0.29, 0.717) is 6.07 Å². The van der Waals surface area contributed by atoms with E-state index < -0.39 is 26.6 Å². The number of nitrogens with zero attached hydrogens (tertiary/aromatic N) is 1. The van der Waals surface area contributed by atoms with Crippen LogP contribution in [0.1, 0.15) is 13.8 Å². The summed E-state index contributed by atoms with van der Waals surface area (Å²) in [6, 6.07) is 1.26. The molecule has 1 aromatic rings. The van der Waals surface area contributed by atoms with E-state index >= 15 is 0 Å². The van der Waals surface area contributed by atoms with Crippen molar-refractivity contribution in [3.63, 3.8) is 0 Å². The van der Waals surface area contributed by atoms with Gasteiger partial charge in [0.05, 0.1) is 5.69 Å². The maximum Gasteiger partial charge on any atom is 0.269 e. The standard InChI is InChI=1S/C10H11F2N3O2S/c1-5(2)13-10-14-8-4-6(11)3-7(12)9(8)18(16,17)15-10/h3-5H,1-2H3,(H2,13,14,15). The van der Waals surface area contributed by atoms with Crippen molar-refractivity contribution in [3.8, 4) is 0 Å². The van der Waals surface area contributed by atoms with E-state index in [-0.39, 0.29) is 17.7 Å². The minimum Gasteiger partial charge on any atom is -0.324 e. The van der Waals surface area contributed by atoms with Crippen LogP contribution in [0.4, 0.5) is 14.5 Å². The van der Waals surface area contributed by atoms with E-state index in [9.17, 15) is 17.2 Å². The first kappa shape index (κ1) is 12.7. The Bertz CT molecular complexity index is 626. The average molecular weight is 275 g/mol. The van der Waals surface area contributed by atoms with Crippen molar-refractivity contribution >= 4 is 21.7 Å². The fraction of sp³-hybridized carbons (Fsp3) is 0.300. The third kappa shape index (κ3) is 2.28. The first-order valence-corrected chi connectivity index (χ1v) is 6.64. The van der Waals surface area contributed by atoms with Crippen LogP contribution in [-0.2, 0) is 10.0 Å². The van der Waals surface area contributed by atoms with Gasteiger partial charge >= 0.3 is 0 Å². The number of hydrogen-bond acceptors (Lipinski definition) is 3. The fourth-order valence-corrected chi connectivity index (χ4v) is 2.75. The second-order valence-corrected chi connectivity index (χ2v) is 5.69. The van der Waals surface area contributed by atoms with E-state index in [1.165, 1.54) is 0 Å². The predicted molar refractivity (Wildman–Crippen MR) is 62.9 cm³/mol. The number of aliphatic imine (C=N–C) groups is 1. The van der Waals surface area contributed by atoms with Crippen LogP contribution in [0.5, 0.6) is 0 Å². The quantitative estimate of drug-likeness (QED) is 0.814. The molecule has 0 aromatic heterocycles. The second-order valence-electron chi connectivity index (χ2n) is 4.07. The molecule has 2 rings (SSSR count). The maximum atomic E-state index is 13.5. The monoisotopic (exact) mass is 275 g/mol. The summed E-state index contributed by atoms with van der Waals surface area (Å²) in [7, 11) is -4.07. The van der Waals surface area contributed by atoms with Crippen LogP contribution in [-0.4, -0.2) is 20.4 Å². The molecule has 8 heteroatoms. The number of fused-ring (bicyclic) bond motifs is 1. The van der Waals surface area contributed by atoms with Gasteiger partial charge in [0, 0.05) is 12.1 Å². The highest BCUT2D eigenvalue weighted by Crippen LogP contribution is 2.28. The Morgan fingerprint density at radius 1 is 1.28 bits per heavy atom. The minimum absolute atomic E-state index is 0.0532. The lowest BCUT2D eigenvalue weighted by molar-refractivity contribution is 0.548. The van der Waals surface area contributed by atoms with Crippen LogP contribution in [0.15, 0.2) is 22.0 Å². The van der Waals surface area contributed by atoms with Gasteiger partial charge in [-0.3, -0.25) is 0 Å². The molecule has 0 saturated heterocycles. The molecular formula is C10H11F2N3O2S. The van der Waals surface area contributed by atoms with Crippen molar-refractivity contribution in [2.24, 2.45) is 4.99 Å². The molecule has 0 unspecified atom stereocenters. The largest absolute Gasteiger partial charge is 0.324 e. The van der Waals surface area contributed by atoms with Crippen LogP contribution in [0.3, 0.4) is 0 Å². The topological polar surface area (TPSA) is 70.6 Å². The van der Waals surface area contributed by atoms with Gasteiger partial charge in [0.15, 0.2) is 0 Å². The minimum atomic E-state index is -4.07. The summed E-state index contributed by atoms with van der Waals surface area (Å²) in [5.74, 6) is -2.06. The third-order valence-electron chi connectivity index (χ3n) is 2.15. The van der Waals surface area contributed by atoms with E-state index in [4.69, 9.17) is 0 Å². The number of halogens is 2. The lowest BCUT2D eigenvalue weighted by Gasteiger charge is -2.22. The van der Waals surface area contributed by atoms with Gasteiger partial charge in [-0.1, -0.05) is 0 Å². The molecular weight excluding hydrogens is 264 g/mol. The van der Waals surface area contributed by atoms with E-state index in [1.807, 2.05) is 0 Å². The van der Waals surface area contributed by atoms with E-state index in [0.717, 1.165) is 6.07 Å². The Morgan fingerprint density at radius 2 is 1.94 bits per heavy atom. The molecule has 0 amide bonds. The normalized spacial score (nSPS) is 19.3. The number of nitrogens with one attached hydrogen (secondary N) is 2. The molecule has 98 valence electrons. The first-order chi connectivity index (χ1) is 8.29. The van der Waals surface area contributed by atoms with Gasteiger partial charge in [0.1, 0.15) is 16.5 Å². The molecule has 0 spiro atoms. The smallest absolute Gasteiger partial charge is 0.269 e. The van der Waals surface area contributed by atoms with Gasteiger partial charge in [0.25, 0.3) is 10.0 Å². The SMILES string of the molecule is CC(C)N=C1Nc2cc(F)cc(F)c2S(=O)(=O)N1. The second kappa shape index (κ2) is 4.20. The van der Waals surface area contributed by atoms with Crippen LogP contribution in [0, 0.1) is 11.6 Å². The van der Waals surface area contributed by atoms with Gasteiger partial charge < -0.3 is 5.32 Å². The van der Waals surface area contributed by atoms with Gasteiger partial charge in [-0.25, -0.2) is 26.9 Å². The van der Waals surface area contributed by atoms with Crippen molar-refractivity contribution in [1.82, 2.24) is 4.72 Å². The molecule has 18 heavy (non-hydrogen) atoms.